The van der Waals surface area contributed by atoms with Crippen LogP contribution in [0.25, 0.3) is 164 Å². The Balaban J connectivity index is 0.000000123. The van der Waals surface area contributed by atoms with Gasteiger partial charge in [0.2, 0.25) is 0 Å². The minimum atomic E-state index is -0.371. The summed E-state index contributed by atoms with van der Waals surface area (Å²) < 4.78 is 18.1. The van der Waals surface area contributed by atoms with Gasteiger partial charge in [-0.3, -0.25) is 0 Å². The molecule has 1 saturated heterocycles. The Morgan fingerprint density at radius 1 is 0.246 bits per heavy atom. The van der Waals surface area contributed by atoms with Crippen LogP contribution in [-0.4, -0.2) is 48.2 Å². The molecule has 0 spiro atoms. The lowest BCUT2D eigenvalue weighted by molar-refractivity contribution is 0.00578. The van der Waals surface area contributed by atoms with Crippen molar-refractivity contribution in [3.63, 3.8) is 0 Å². The predicted octanol–water partition coefficient (Wildman–Crippen LogP) is 26.7. The second-order valence-corrected chi connectivity index (χ2v) is 34.1. The first-order valence-electron chi connectivity index (χ1n) is 38.7. The second-order valence-electron chi connectivity index (χ2n) is 31.6. The lowest BCUT2D eigenvalue weighted by Crippen LogP contribution is -2.41. The van der Waals surface area contributed by atoms with Gasteiger partial charge in [0.25, 0.3) is 0 Å². The summed E-state index contributed by atoms with van der Waals surface area (Å²) in [4.78, 5) is 28.9. The zero-order chi connectivity index (χ0) is 77.6. The van der Waals surface area contributed by atoms with Crippen LogP contribution in [0, 0.1) is 0 Å². The molecule has 21 rings (SSSR count). The maximum absolute atomic E-state index is 6.46. The first kappa shape index (κ1) is 72.1. The van der Waals surface area contributed by atoms with Crippen molar-refractivity contribution in [1.82, 2.24) is 29.9 Å². The van der Waals surface area contributed by atoms with Crippen molar-refractivity contribution in [2.45, 2.75) is 77.4 Å². The number of aromatic nitrogens is 6. The SMILES string of the molecule is CC1(C)c2ccccc2-c2ccc(-c3cccc4c3sc3c(-c5cccc(-c6nc(-c7ccccc7)nc(-c7ccccc7)n6)c5)cccc34)cc21.CC1(C)c2ccccc2-c2ccc(-c3cccc4c3sc3c(B5OC(C)(C)C(C)(C)O5)cccc34)cc21.Clc1cccc(-c2nc(-c3ccccc3)nc(-c3ccccc3)n2)c1. The highest BCUT2D eigenvalue weighted by molar-refractivity contribution is 7.27. The Labute approximate surface area is 677 Å². The largest absolute Gasteiger partial charge is 0.496 e. The molecule has 0 N–H and O–H groups in total. The maximum Gasteiger partial charge on any atom is 0.496 e. The first-order valence-corrected chi connectivity index (χ1v) is 40.8. The van der Waals surface area contributed by atoms with Gasteiger partial charge in [-0.25, -0.2) is 29.9 Å². The average molecular weight is 1530 g/mol. The standard InChI is InChI=1S/C48H33N3S.C33H31BO2S.C21H14ClN3/c1-48(2)41-25-10-9-20-37(41)38-27-26-33(29-42(38)48)36-22-13-24-40-39-23-12-21-35(43(39)52-44(36)40)32-18-11-19-34(28-32)47-50-45(30-14-5-3-6-15-30)49-46(51-47)31-16-7-4-8-17-31;1-31(2)26-15-8-7-11-22(26)23-18-17-20(19-27(23)31)21-12-9-13-24-25-14-10-16-28(30(25)37-29(21)24)34-35-32(3,4)33(5,6)36-34;22-18-13-7-12-17(14-18)21-24-19(15-8-3-1-4-9-15)23-20(25-21)16-10-5-2-6-11-16/h3-29H,1-2H3;7-19H,1-6H3;1-14H. The van der Waals surface area contributed by atoms with E-state index in [9.17, 15) is 0 Å². The summed E-state index contributed by atoms with van der Waals surface area (Å²) in [6.07, 6.45) is 0. The van der Waals surface area contributed by atoms with Crippen LogP contribution >= 0.6 is 34.3 Å². The van der Waals surface area contributed by atoms with Gasteiger partial charge in [-0.2, -0.15) is 0 Å². The molecular formula is C102H78BClN6O2S2. The molecule has 14 aromatic carbocycles. The Morgan fingerprint density at radius 2 is 0.535 bits per heavy atom. The van der Waals surface area contributed by atoms with E-state index in [1.807, 2.05) is 168 Å². The molecule has 5 heterocycles. The molecule has 0 atom stereocenters. The average Bonchev–Trinajstić information content (AvgIpc) is 1.58. The van der Waals surface area contributed by atoms with E-state index in [1.165, 1.54) is 113 Å². The van der Waals surface area contributed by atoms with Crippen molar-refractivity contribution in [3.8, 4) is 124 Å². The van der Waals surface area contributed by atoms with E-state index in [0.29, 0.717) is 40.0 Å². The van der Waals surface area contributed by atoms with Gasteiger partial charge in [-0.05, 0) is 141 Å². The summed E-state index contributed by atoms with van der Waals surface area (Å²) >= 11 is 9.88. The third-order valence-electron chi connectivity index (χ3n) is 23.3. The van der Waals surface area contributed by atoms with E-state index in [-0.39, 0.29) is 29.2 Å². The Bertz CT molecular complexity index is 6650. The molecule has 3 aliphatic rings. The van der Waals surface area contributed by atoms with Crippen molar-refractivity contribution in [3.05, 3.63) is 355 Å². The van der Waals surface area contributed by atoms with Crippen LogP contribution in [0.5, 0.6) is 0 Å². The summed E-state index contributed by atoms with van der Waals surface area (Å²) in [6, 6.07) is 115. The molecule has 18 aromatic rings. The number of benzene rings is 14. The molecule has 0 unspecified atom stereocenters. The number of thiophene rings is 2. The third kappa shape index (κ3) is 12.9. The highest BCUT2D eigenvalue weighted by Gasteiger charge is 2.52. The molecule has 2 aliphatic carbocycles. The predicted molar refractivity (Wildman–Crippen MR) is 477 cm³/mol. The van der Waals surface area contributed by atoms with Gasteiger partial charge >= 0.3 is 7.12 Å². The Kier molecular flexibility index (Phi) is 18.2. The molecule has 1 fully saturated rings. The quantitative estimate of drug-likeness (QED) is 0.125. The van der Waals surface area contributed by atoms with Crippen LogP contribution in [-0.2, 0) is 20.1 Å². The number of hydrogen-bond acceptors (Lipinski definition) is 10. The van der Waals surface area contributed by atoms with Gasteiger partial charge in [0.15, 0.2) is 34.9 Å². The monoisotopic (exact) mass is 1530 g/mol. The Morgan fingerprint density at radius 3 is 0.939 bits per heavy atom. The van der Waals surface area contributed by atoms with Crippen LogP contribution in [0.1, 0.15) is 77.6 Å². The minimum Gasteiger partial charge on any atom is -0.399 e. The lowest BCUT2D eigenvalue weighted by Gasteiger charge is -2.32. The van der Waals surface area contributed by atoms with E-state index in [0.717, 1.165) is 44.4 Å². The van der Waals surface area contributed by atoms with Crippen LogP contribution in [0.15, 0.2) is 328 Å². The molecule has 114 heavy (non-hydrogen) atoms. The number of rotatable bonds is 10. The van der Waals surface area contributed by atoms with Gasteiger partial charge in [0, 0.05) is 89.7 Å². The van der Waals surface area contributed by atoms with Gasteiger partial charge in [0.05, 0.1) is 11.2 Å². The van der Waals surface area contributed by atoms with Crippen molar-refractivity contribution >= 4 is 87.2 Å². The zero-order valence-corrected chi connectivity index (χ0v) is 66.8. The zero-order valence-electron chi connectivity index (χ0n) is 64.4. The van der Waals surface area contributed by atoms with Gasteiger partial charge < -0.3 is 9.31 Å². The van der Waals surface area contributed by atoms with Crippen LogP contribution in [0.4, 0.5) is 0 Å². The van der Waals surface area contributed by atoms with E-state index in [2.05, 4.69) is 252 Å². The molecule has 4 aromatic heterocycles. The molecule has 0 saturated carbocycles. The fourth-order valence-corrected chi connectivity index (χ4v) is 19.5. The summed E-state index contributed by atoms with van der Waals surface area (Å²) in [5.74, 6) is 3.87. The van der Waals surface area contributed by atoms with E-state index in [4.69, 9.17) is 35.9 Å². The minimum absolute atomic E-state index is 0.0140. The lowest BCUT2D eigenvalue weighted by atomic mass is 9.78. The van der Waals surface area contributed by atoms with E-state index in [1.54, 1.807) is 0 Å². The fraction of sp³-hybridized carbons (Fsp3) is 0.118. The van der Waals surface area contributed by atoms with E-state index >= 15 is 0 Å². The topological polar surface area (TPSA) is 95.8 Å². The number of halogens is 1. The van der Waals surface area contributed by atoms with Gasteiger partial charge in [0.1, 0.15) is 0 Å². The van der Waals surface area contributed by atoms with Crippen LogP contribution in [0.2, 0.25) is 5.02 Å². The molecule has 1 aliphatic heterocycles. The summed E-state index contributed by atoms with van der Waals surface area (Å²) in [5.41, 5.74) is 24.4. The number of fused-ring (bicyclic) bond motifs is 12. The number of hydrogen-bond donors (Lipinski definition) is 0. The van der Waals surface area contributed by atoms with Gasteiger partial charge in [-0.15, -0.1) is 22.7 Å². The molecule has 0 radical (unpaired) electrons. The second kappa shape index (κ2) is 28.8. The van der Waals surface area contributed by atoms with Crippen molar-refractivity contribution in [1.29, 1.82) is 0 Å². The van der Waals surface area contributed by atoms with Crippen LogP contribution in [0.3, 0.4) is 0 Å². The highest BCUT2D eigenvalue weighted by Crippen LogP contribution is 2.53. The molecular weight excluding hydrogens is 1450 g/mol. The van der Waals surface area contributed by atoms with Crippen molar-refractivity contribution < 1.29 is 9.31 Å². The third-order valence-corrected chi connectivity index (χ3v) is 26.1. The molecule has 0 bridgehead atoms. The van der Waals surface area contributed by atoms with E-state index < -0.39 is 0 Å². The molecule has 8 nitrogen and oxygen atoms in total. The molecule has 550 valence electrons. The maximum atomic E-state index is 6.46. The highest BCUT2D eigenvalue weighted by atomic mass is 35.5. The fourth-order valence-electron chi connectivity index (χ4n) is 16.6. The molecule has 12 heteroatoms. The molecule has 0 amide bonds. The normalized spacial score (nSPS) is 14.4. The summed E-state index contributed by atoms with van der Waals surface area (Å²) in [6.45, 7) is 17.9. The summed E-state index contributed by atoms with van der Waals surface area (Å²) in [7, 11) is -0.371. The Hall–Kier alpha value is -12.2. The summed E-state index contributed by atoms with van der Waals surface area (Å²) in [5, 5.41) is 5.77. The van der Waals surface area contributed by atoms with Gasteiger partial charge in [-0.1, -0.05) is 337 Å². The smallest absolute Gasteiger partial charge is 0.399 e. The number of nitrogens with zero attached hydrogens (tertiary/aromatic N) is 6. The van der Waals surface area contributed by atoms with Crippen molar-refractivity contribution in [2.24, 2.45) is 0 Å². The van der Waals surface area contributed by atoms with Crippen molar-refractivity contribution in [2.75, 3.05) is 0 Å². The first-order chi connectivity index (χ1) is 55.4. The van der Waals surface area contributed by atoms with Crippen LogP contribution < -0.4 is 5.46 Å².